The number of anilines is 1. The summed E-state index contributed by atoms with van der Waals surface area (Å²) in [7, 11) is 0. The lowest BCUT2D eigenvalue weighted by molar-refractivity contribution is -0.134. The number of carbonyl (C=O) groups is 2. The normalized spacial score (nSPS) is 16.0. The molecule has 0 bridgehead atoms. The summed E-state index contributed by atoms with van der Waals surface area (Å²) in [5.41, 5.74) is 1.48. The van der Waals surface area contributed by atoms with Gasteiger partial charge in [0.05, 0.1) is 6.04 Å². The maximum atomic E-state index is 12.7. The highest BCUT2D eigenvalue weighted by atomic mass is 35.5. The van der Waals surface area contributed by atoms with Crippen LogP contribution in [-0.4, -0.2) is 11.8 Å². The van der Waals surface area contributed by atoms with Crippen molar-refractivity contribution in [3.05, 3.63) is 64.7 Å². The van der Waals surface area contributed by atoms with Crippen molar-refractivity contribution in [3.63, 3.8) is 0 Å². The van der Waals surface area contributed by atoms with E-state index in [1.807, 2.05) is 44.2 Å². The smallest absolute Gasteiger partial charge is 0.240 e. The summed E-state index contributed by atoms with van der Waals surface area (Å²) in [6.45, 7) is 3.76. The van der Waals surface area contributed by atoms with Crippen molar-refractivity contribution in [2.24, 2.45) is 5.41 Å². The lowest BCUT2D eigenvalue weighted by Crippen LogP contribution is -2.41. The molecule has 0 spiro atoms. The summed E-state index contributed by atoms with van der Waals surface area (Å²) >= 11 is 6.10. The van der Waals surface area contributed by atoms with Gasteiger partial charge in [0.1, 0.15) is 5.41 Å². The van der Waals surface area contributed by atoms with Gasteiger partial charge in [0.25, 0.3) is 0 Å². The van der Waals surface area contributed by atoms with Crippen molar-refractivity contribution in [2.45, 2.75) is 32.7 Å². The monoisotopic (exact) mass is 356 g/mol. The van der Waals surface area contributed by atoms with Crippen LogP contribution >= 0.6 is 11.6 Å². The van der Waals surface area contributed by atoms with Gasteiger partial charge in [-0.1, -0.05) is 48.0 Å². The van der Waals surface area contributed by atoms with Crippen molar-refractivity contribution in [2.75, 3.05) is 5.32 Å². The van der Waals surface area contributed by atoms with Crippen LogP contribution < -0.4 is 10.6 Å². The maximum absolute atomic E-state index is 12.7. The van der Waals surface area contributed by atoms with Gasteiger partial charge in [-0.15, -0.1) is 0 Å². The van der Waals surface area contributed by atoms with E-state index in [1.165, 1.54) is 0 Å². The predicted molar refractivity (Wildman–Crippen MR) is 99.5 cm³/mol. The number of rotatable bonds is 5. The zero-order valence-corrected chi connectivity index (χ0v) is 15.1. The molecule has 0 aromatic heterocycles. The Morgan fingerprint density at radius 1 is 1.04 bits per heavy atom. The fourth-order valence-corrected chi connectivity index (χ4v) is 3.00. The average Bonchev–Trinajstić information content (AvgIpc) is 3.41. The zero-order chi connectivity index (χ0) is 18.0. The van der Waals surface area contributed by atoms with Crippen LogP contribution in [0.1, 0.15) is 36.9 Å². The molecule has 4 nitrogen and oxygen atoms in total. The molecule has 3 rings (SSSR count). The number of hydrogen-bond acceptors (Lipinski definition) is 2. The fourth-order valence-electron chi connectivity index (χ4n) is 2.83. The maximum Gasteiger partial charge on any atom is 0.240 e. The highest BCUT2D eigenvalue weighted by Gasteiger charge is 2.56. The lowest BCUT2D eigenvalue weighted by atomic mass is 10.0. The third kappa shape index (κ3) is 3.54. The largest absolute Gasteiger partial charge is 0.349 e. The Bertz CT molecular complexity index is 801. The molecule has 25 heavy (non-hydrogen) atoms. The van der Waals surface area contributed by atoms with Crippen LogP contribution in [-0.2, 0) is 9.59 Å². The van der Waals surface area contributed by atoms with E-state index in [1.54, 1.807) is 18.2 Å². The zero-order valence-electron chi connectivity index (χ0n) is 14.3. The molecule has 2 aromatic rings. The Balaban J connectivity index is 1.70. The molecule has 1 atom stereocenters. The second kappa shape index (κ2) is 6.89. The molecule has 1 aliphatic carbocycles. The summed E-state index contributed by atoms with van der Waals surface area (Å²) in [6.07, 6.45) is 1.12. The molecule has 0 aliphatic heterocycles. The number of carbonyl (C=O) groups excluding carboxylic acids is 2. The molecule has 2 N–H and O–H groups in total. The number of amides is 2. The minimum absolute atomic E-state index is 0.146. The summed E-state index contributed by atoms with van der Waals surface area (Å²) in [5.74, 6) is -0.489. The molecule has 1 aliphatic rings. The topological polar surface area (TPSA) is 58.2 Å². The number of halogens is 1. The van der Waals surface area contributed by atoms with Gasteiger partial charge in [0, 0.05) is 10.7 Å². The minimum atomic E-state index is -0.974. The minimum Gasteiger partial charge on any atom is -0.349 e. The molecule has 2 amide bonds. The first-order chi connectivity index (χ1) is 11.9. The van der Waals surface area contributed by atoms with Gasteiger partial charge in [-0.2, -0.15) is 0 Å². The summed E-state index contributed by atoms with van der Waals surface area (Å²) in [6, 6.07) is 14.9. The van der Waals surface area contributed by atoms with Gasteiger partial charge in [0.2, 0.25) is 11.8 Å². The molecular formula is C20H21ClN2O2. The highest BCUT2D eigenvalue weighted by molar-refractivity contribution is 6.31. The molecule has 1 saturated carbocycles. The van der Waals surface area contributed by atoms with Crippen molar-refractivity contribution < 1.29 is 9.59 Å². The molecule has 1 unspecified atom stereocenters. The van der Waals surface area contributed by atoms with E-state index < -0.39 is 5.41 Å². The van der Waals surface area contributed by atoms with E-state index in [4.69, 9.17) is 11.6 Å². The Labute approximate surface area is 152 Å². The van der Waals surface area contributed by atoms with E-state index in [9.17, 15) is 9.59 Å². The standard InChI is InChI=1S/C20H21ClN2O2/c1-13-16(21)9-6-10-17(13)23-19(25)20(11-12-20)18(24)22-14(2)15-7-4-3-5-8-15/h3-10,14H,11-12H2,1-2H3,(H,22,24)(H,23,25). The van der Waals surface area contributed by atoms with Gasteiger partial charge in [-0.05, 0) is 49.9 Å². The van der Waals surface area contributed by atoms with E-state index in [-0.39, 0.29) is 17.9 Å². The Morgan fingerprint density at radius 3 is 2.36 bits per heavy atom. The summed E-state index contributed by atoms with van der Waals surface area (Å²) in [5, 5.41) is 6.42. The quantitative estimate of drug-likeness (QED) is 0.787. The van der Waals surface area contributed by atoms with Crippen LogP contribution in [0.25, 0.3) is 0 Å². The number of benzene rings is 2. The lowest BCUT2D eigenvalue weighted by Gasteiger charge is -2.20. The first-order valence-electron chi connectivity index (χ1n) is 8.36. The van der Waals surface area contributed by atoms with Crippen molar-refractivity contribution >= 4 is 29.1 Å². The second-order valence-corrected chi connectivity index (χ2v) is 6.96. The van der Waals surface area contributed by atoms with Gasteiger partial charge in [-0.3, -0.25) is 9.59 Å². The summed E-state index contributed by atoms with van der Waals surface area (Å²) in [4.78, 5) is 25.4. The van der Waals surface area contributed by atoms with E-state index in [0.29, 0.717) is 23.6 Å². The van der Waals surface area contributed by atoms with E-state index >= 15 is 0 Å². The predicted octanol–water partition coefficient (Wildman–Crippen LogP) is 4.24. The second-order valence-electron chi connectivity index (χ2n) is 6.55. The van der Waals surface area contributed by atoms with Crippen LogP contribution in [0.3, 0.4) is 0 Å². The van der Waals surface area contributed by atoms with E-state index in [2.05, 4.69) is 10.6 Å². The van der Waals surface area contributed by atoms with Crippen LogP contribution in [0.15, 0.2) is 48.5 Å². The Kier molecular flexibility index (Phi) is 4.82. The third-order valence-corrected chi connectivity index (χ3v) is 5.19. The highest BCUT2D eigenvalue weighted by Crippen LogP contribution is 2.47. The molecule has 1 fully saturated rings. The van der Waals surface area contributed by atoms with Crippen LogP contribution in [0.2, 0.25) is 5.02 Å². The van der Waals surface area contributed by atoms with Crippen LogP contribution in [0.5, 0.6) is 0 Å². The van der Waals surface area contributed by atoms with Gasteiger partial charge in [-0.25, -0.2) is 0 Å². The van der Waals surface area contributed by atoms with Gasteiger partial charge in [0.15, 0.2) is 0 Å². The Hall–Kier alpha value is -2.33. The fraction of sp³-hybridized carbons (Fsp3) is 0.300. The van der Waals surface area contributed by atoms with E-state index in [0.717, 1.165) is 11.1 Å². The van der Waals surface area contributed by atoms with Gasteiger partial charge < -0.3 is 10.6 Å². The first-order valence-corrected chi connectivity index (χ1v) is 8.74. The molecule has 5 heteroatoms. The molecule has 0 radical (unpaired) electrons. The third-order valence-electron chi connectivity index (χ3n) is 4.78. The molecule has 0 saturated heterocycles. The SMILES string of the molecule is Cc1c(Cl)cccc1NC(=O)C1(C(=O)NC(C)c2ccccc2)CC1. The average molecular weight is 357 g/mol. The van der Waals surface area contributed by atoms with Crippen molar-refractivity contribution in [1.82, 2.24) is 5.32 Å². The summed E-state index contributed by atoms with van der Waals surface area (Å²) < 4.78 is 0. The van der Waals surface area contributed by atoms with Crippen molar-refractivity contribution in [1.29, 1.82) is 0 Å². The van der Waals surface area contributed by atoms with Gasteiger partial charge >= 0.3 is 0 Å². The van der Waals surface area contributed by atoms with Crippen LogP contribution in [0, 0.1) is 12.3 Å². The number of nitrogens with one attached hydrogen (secondary N) is 2. The molecule has 130 valence electrons. The molecular weight excluding hydrogens is 336 g/mol. The molecule has 0 heterocycles. The van der Waals surface area contributed by atoms with Crippen molar-refractivity contribution in [3.8, 4) is 0 Å². The first kappa shape index (κ1) is 17.5. The number of hydrogen-bond donors (Lipinski definition) is 2. The Morgan fingerprint density at radius 2 is 1.72 bits per heavy atom. The van der Waals surface area contributed by atoms with Crippen LogP contribution in [0.4, 0.5) is 5.69 Å². The molecule has 2 aromatic carbocycles.